The minimum atomic E-state index is -0.568. The number of hydrogen-bond donors (Lipinski definition) is 1. The van der Waals surface area contributed by atoms with Crippen LogP contribution in [0.15, 0.2) is 48.5 Å². The number of benzene rings is 2. The first-order valence-corrected chi connectivity index (χ1v) is 7.01. The summed E-state index contributed by atoms with van der Waals surface area (Å²) in [7, 11) is 1.25. The molecule has 0 radical (unpaired) electrons. The van der Waals surface area contributed by atoms with Crippen molar-refractivity contribution in [2.45, 2.75) is 0 Å². The molecule has 0 aliphatic carbocycles. The van der Waals surface area contributed by atoms with E-state index in [2.05, 4.69) is 10.1 Å². The van der Waals surface area contributed by atoms with Gasteiger partial charge in [-0.15, -0.1) is 0 Å². The number of anilines is 1. The third-order valence-corrected chi connectivity index (χ3v) is 3.32. The van der Waals surface area contributed by atoms with E-state index in [-0.39, 0.29) is 16.1 Å². The molecule has 1 amide bonds. The number of rotatable bonds is 4. The fraction of sp³-hybridized carbons (Fsp3) is 0.0588. The Bertz CT molecular complexity index is 754. The molecule has 2 rings (SSSR count). The van der Waals surface area contributed by atoms with E-state index in [0.29, 0.717) is 5.69 Å². The number of halogens is 2. The molecule has 6 heteroatoms. The van der Waals surface area contributed by atoms with Crippen molar-refractivity contribution in [3.63, 3.8) is 0 Å². The maximum absolute atomic E-state index is 13.6. The second-order valence-corrected chi connectivity index (χ2v) is 4.90. The van der Waals surface area contributed by atoms with Gasteiger partial charge in [-0.2, -0.15) is 0 Å². The summed E-state index contributed by atoms with van der Waals surface area (Å²) in [5.74, 6) is -1.63. The van der Waals surface area contributed by atoms with Gasteiger partial charge in [0.25, 0.3) is 0 Å². The normalized spacial score (nSPS) is 10.6. The SMILES string of the molecule is COC(=O)c1ccccc1NC(=O)C=Cc1c(F)cccc1Cl. The molecule has 0 spiro atoms. The zero-order valence-electron chi connectivity index (χ0n) is 12.2. The minimum absolute atomic E-state index is 0.116. The molecule has 2 aromatic rings. The van der Waals surface area contributed by atoms with Crippen LogP contribution in [0.2, 0.25) is 5.02 Å². The van der Waals surface area contributed by atoms with Crippen molar-refractivity contribution < 1.29 is 18.7 Å². The Hall–Kier alpha value is -2.66. The van der Waals surface area contributed by atoms with Crippen molar-refractivity contribution in [3.8, 4) is 0 Å². The van der Waals surface area contributed by atoms with Crippen LogP contribution in [-0.2, 0) is 9.53 Å². The highest BCUT2D eigenvalue weighted by Gasteiger charge is 2.12. The molecular weight excluding hydrogens is 321 g/mol. The van der Waals surface area contributed by atoms with Gasteiger partial charge in [0.05, 0.1) is 23.4 Å². The molecule has 4 nitrogen and oxygen atoms in total. The lowest BCUT2D eigenvalue weighted by Crippen LogP contribution is -2.12. The molecule has 0 atom stereocenters. The van der Waals surface area contributed by atoms with Crippen LogP contribution in [0.25, 0.3) is 6.08 Å². The van der Waals surface area contributed by atoms with Gasteiger partial charge in [0.2, 0.25) is 5.91 Å². The van der Waals surface area contributed by atoms with Crippen molar-refractivity contribution in [3.05, 3.63) is 70.5 Å². The highest BCUT2D eigenvalue weighted by Crippen LogP contribution is 2.21. The summed E-state index contributed by atoms with van der Waals surface area (Å²) in [5.41, 5.74) is 0.639. The minimum Gasteiger partial charge on any atom is -0.465 e. The molecule has 0 saturated heterocycles. The van der Waals surface area contributed by atoms with E-state index in [1.54, 1.807) is 18.2 Å². The molecule has 0 saturated carbocycles. The van der Waals surface area contributed by atoms with Crippen molar-refractivity contribution in [1.82, 2.24) is 0 Å². The number of nitrogens with one attached hydrogen (secondary N) is 1. The van der Waals surface area contributed by atoms with Crippen LogP contribution >= 0.6 is 11.6 Å². The van der Waals surface area contributed by atoms with E-state index < -0.39 is 17.7 Å². The number of carbonyl (C=O) groups is 2. The predicted octanol–water partition coefficient (Wildman–Crippen LogP) is 3.92. The number of carbonyl (C=O) groups excluding carboxylic acids is 2. The van der Waals surface area contributed by atoms with Gasteiger partial charge in [-0.25, -0.2) is 9.18 Å². The van der Waals surface area contributed by atoms with Crippen LogP contribution in [0.3, 0.4) is 0 Å². The van der Waals surface area contributed by atoms with Gasteiger partial charge in [-0.3, -0.25) is 4.79 Å². The molecule has 23 heavy (non-hydrogen) atoms. The summed E-state index contributed by atoms with van der Waals surface area (Å²) in [5, 5.41) is 2.74. The maximum atomic E-state index is 13.6. The van der Waals surface area contributed by atoms with Gasteiger partial charge in [-0.05, 0) is 30.3 Å². The first kappa shape index (κ1) is 16.7. The van der Waals surface area contributed by atoms with Crippen LogP contribution in [0.4, 0.5) is 10.1 Å². The quantitative estimate of drug-likeness (QED) is 0.681. The van der Waals surface area contributed by atoms with E-state index in [1.165, 1.54) is 37.5 Å². The van der Waals surface area contributed by atoms with Crippen LogP contribution in [-0.4, -0.2) is 19.0 Å². The van der Waals surface area contributed by atoms with Crippen LogP contribution in [0, 0.1) is 5.82 Å². The van der Waals surface area contributed by atoms with E-state index >= 15 is 0 Å². The molecule has 0 heterocycles. The van der Waals surface area contributed by atoms with Gasteiger partial charge < -0.3 is 10.1 Å². The molecular formula is C17H13ClFNO3. The topological polar surface area (TPSA) is 55.4 Å². The zero-order chi connectivity index (χ0) is 16.8. The zero-order valence-corrected chi connectivity index (χ0v) is 12.9. The number of hydrogen-bond acceptors (Lipinski definition) is 3. The number of esters is 1. The van der Waals surface area contributed by atoms with E-state index in [1.807, 2.05) is 0 Å². The highest BCUT2D eigenvalue weighted by atomic mass is 35.5. The number of para-hydroxylation sites is 1. The van der Waals surface area contributed by atoms with Gasteiger partial charge in [0.1, 0.15) is 5.82 Å². The fourth-order valence-corrected chi connectivity index (χ4v) is 2.11. The lowest BCUT2D eigenvalue weighted by molar-refractivity contribution is -0.111. The Morgan fingerprint density at radius 3 is 2.61 bits per heavy atom. The Kier molecular flexibility index (Phi) is 5.49. The van der Waals surface area contributed by atoms with Crippen molar-refractivity contribution in [2.75, 3.05) is 12.4 Å². The second-order valence-electron chi connectivity index (χ2n) is 4.50. The molecule has 0 aromatic heterocycles. The van der Waals surface area contributed by atoms with Crippen molar-refractivity contribution in [2.24, 2.45) is 0 Å². The lowest BCUT2D eigenvalue weighted by atomic mass is 10.1. The molecule has 0 bridgehead atoms. The number of amides is 1. The van der Waals surface area contributed by atoms with Crippen molar-refractivity contribution in [1.29, 1.82) is 0 Å². The average molecular weight is 334 g/mol. The third-order valence-electron chi connectivity index (χ3n) is 2.99. The molecule has 0 fully saturated rings. The second kappa shape index (κ2) is 7.56. The Morgan fingerprint density at radius 1 is 1.17 bits per heavy atom. The van der Waals surface area contributed by atoms with Crippen molar-refractivity contribution >= 4 is 35.2 Å². The standard InChI is InChI=1S/C17H13ClFNO3/c1-23-17(22)12-5-2-3-8-15(12)20-16(21)10-9-11-13(18)6-4-7-14(11)19/h2-10H,1H3,(H,20,21). The molecule has 0 aliphatic heterocycles. The summed E-state index contributed by atoms with van der Waals surface area (Å²) in [6.07, 6.45) is 2.41. The Balaban J connectivity index is 2.18. The summed E-state index contributed by atoms with van der Waals surface area (Å²) < 4.78 is 18.3. The monoisotopic (exact) mass is 333 g/mol. The predicted molar refractivity (Wildman–Crippen MR) is 86.9 cm³/mol. The number of methoxy groups -OCH3 is 1. The highest BCUT2D eigenvalue weighted by molar-refractivity contribution is 6.32. The summed E-state index contributed by atoms with van der Waals surface area (Å²) in [4.78, 5) is 23.6. The first-order valence-electron chi connectivity index (χ1n) is 6.63. The van der Waals surface area contributed by atoms with Crippen LogP contribution in [0.1, 0.15) is 15.9 Å². The van der Waals surface area contributed by atoms with Gasteiger partial charge in [0.15, 0.2) is 0 Å². The van der Waals surface area contributed by atoms with Crippen LogP contribution < -0.4 is 5.32 Å². The van der Waals surface area contributed by atoms with E-state index in [9.17, 15) is 14.0 Å². The van der Waals surface area contributed by atoms with Gasteiger partial charge >= 0.3 is 5.97 Å². The van der Waals surface area contributed by atoms with E-state index in [4.69, 9.17) is 11.6 Å². The smallest absolute Gasteiger partial charge is 0.339 e. The Labute approximate surface area is 137 Å². The van der Waals surface area contributed by atoms with Gasteiger partial charge in [-0.1, -0.05) is 29.8 Å². The molecule has 118 valence electrons. The summed E-state index contributed by atoms with van der Waals surface area (Å²) in [6.45, 7) is 0. The molecule has 1 N–H and O–H groups in total. The maximum Gasteiger partial charge on any atom is 0.339 e. The fourth-order valence-electron chi connectivity index (χ4n) is 1.88. The Morgan fingerprint density at radius 2 is 1.91 bits per heavy atom. The first-order chi connectivity index (χ1) is 11.0. The lowest BCUT2D eigenvalue weighted by Gasteiger charge is -2.07. The van der Waals surface area contributed by atoms with Gasteiger partial charge in [0, 0.05) is 11.6 Å². The molecule has 0 aliphatic rings. The summed E-state index contributed by atoms with van der Waals surface area (Å²) in [6, 6.07) is 10.6. The molecule has 2 aromatic carbocycles. The summed E-state index contributed by atoms with van der Waals surface area (Å²) >= 11 is 5.87. The largest absolute Gasteiger partial charge is 0.465 e. The third kappa shape index (κ3) is 4.17. The average Bonchev–Trinajstić information content (AvgIpc) is 2.54. The van der Waals surface area contributed by atoms with E-state index in [0.717, 1.165) is 6.08 Å². The molecule has 0 unspecified atom stereocenters. The van der Waals surface area contributed by atoms with Crippen LogP contribution in [0.5, 0.6) is 0 Å². The number of ether oxygens (including phenoxy) is 1.